The van der Waals surface area contributed by atoms with Crippen LogP contribution in [0, 0.1) is 70.0 Å². The maximum Gasteiger partial charge on any atom is -0.0232 e. The highest BCUT2D eigenvalue weighted by Crippen LogP contribution is 2.80. The van der Waals surface area contributed by atoms with Gasteiger partial charge in [-0.05, 0) is 102 Å². The molecule has 0 amide bonds. The SMILES string of the molecule is CC1CC1C(C)C1CC2(CC2)C(C)C2C3C(C)C1CC(C)C32C. The Labute approximate surface area is 144 Å². The normalized spacial score (nSPS) is 63.1. The summed E-state index contributed by atoms with van der Waals surface area (Å²) in [5.74, 6) is 10.3. The largest absolute Gasteiger partial charge is 0.0622 e. The van der Waals surface area contributed by atoms with Gasteiger partial charge in [0.25, 0.3) is 0 Å². The Morgan fingerprint density at radius 2 is 1.57 bits per heavy atom. The van der Waals surface area contributed by atoms with Crippen molar-refractivity contribution in [2.45, 2.75) is 73.6 Å². The van der Waals surface area contributed by atoms with Crippen LogP contribution < -0.4 is 0 Å². The molecule has 11 unspecified atom stereocenters. The zero-order valence-electron chi connectivity index (χ0n) is 16.3. The van der Waals surface area contributed by atoms with Crippen LogP contribution in [0.4, 0.5) is 0 Å². The zero-order chi connectivity index (χ0) is 16.3. The second-order valence-corrected chi connectivity index (χ2v) is 11.3. The van der Waals surface area contributed by atoms with Gasteiger partial charge in [0.05, 0.1) is 0 Å². The molecule has 0 aromatic heterocycles. The molecule has 0 aromatic carbocycles. The van der Waals surface area contributed by atoms with Crippen LogP contribution in [-0.4, -0.2) is 0 Å². The summed E-state index contributed by atoms with van der Waals surface area (Å²) in [6.07, 6.45) is 7.79. The van der Waals surface area contributed by atoms with E-state index in [9.17, 15) is 0 Å². The summed E-state index contributed by atoms with van der Waals surface area (Å²) in [4.78, 5) is 0. The van der Waals surface area contributed by atoms with Crippen molar-refractivity contribution in [2.24, 2.45) is 70.0 Å². The molecular weight excluding hydrogens is 276 g/mol. The average Bonchev–Trinajstić information content (AvgIpc) is 3.38. The third-order valence-corrected chi connectivity index (χ3v) is 10.8. The Morgan fingerprint density at radius 1 is 0.913 bits per heavy atom. The van der Waals surface area contributed by atoms with Crippen LogP contribution in [0.25, 0.3) is 0 Å². The first-order chi connectivity index (χ1) is 10.8. The predicted octanol–water partition coefficient (Wildman–Crippen LogP) is 6.26. The van der Waals surface area contributed by atoms with Crippen molar-refractivity contribution in [3.05, 3.63) is 0 Å². The van der Waals surface area contributed by atoms with Crippen LogP contribution in [0.1, 0.15) is 73.6 Å². The smallest absolute Gasteiger partial charge is 0.0232 e. The van der Waals surface area contributed by atoms with Crippen molar-refractivity contribution >= 4 is 0 Å². The van der Waals surface area contributed by atoms with Crippen LogP contribution in [0.2, 0.25) is 0 Å². The van der Waals surface area contributed by atoms with E-state index in [4.69, 9.17) is 0 Å². The van der Waals surface area contributed by atoms with Crippen LogP contribution in [0.15, 0.2) is 0 Å². The molecule has 0 aromatic rings. The minimum absolute atomic E-state index is 0.704. The standard InChI is InChI=1S/C23H38/c1-12-9-17(12)14(3)19-11-23(7-8-23)16(5)21-20-15(4)18(19)10-13(2)22(20,21)6/h12-21H,7-11H2,1-6H3. The maximum atomic E-state index is 2.68. The van der Waals surface area contributed by atoms with Crippen molar-refractivity contribution in [1.29, 1.82) is 0 Å². The van der Waals surface area contributed by atoms with Gasteiger partial charge in [-0.1, -0.05) is 41.5 Å². The summed E-state index contributed by atoms with van der Waals surface area (Å²) in [7, 11) is 0. The van der Waals surface area contributed by atoms with E-state index in [1.165, 1.54) is 6.42 Å². The van der Waals surface area contributed by atoms with E-state index in [1.807, 2.05) is 0 Å². The molecule has 5 fully saturated rings. The van der Waals surface area contributed by atoms with Crippen molar-refractivity contribution in [3.63, 3.8) is 0 Å². The summed E-state index contributed by atoms with van der Waals surface area (Å²) >= 11 is 0. The summed E-state index contributed by atoms with van der Waals surface area (Å²) < 4.78 is 0. The van der Waals surface area contributed by atoms with Gasteiger partial charge >= 0.3 is 0 Å². The minimum atomic E-state index is 0.704. The lowest BCUT2D eigenvalue weighted by Crippen LogP contribution is -2.38. The fourth-order valence-electron chi connectivity index (χ4n) is 8.69. The molecule has 0 aliphatic heterocycles. The first-order valence-electron chi connectivity index (χ1n) is 10.8. The van der Waals surface area contributed by atoms with E-state index in [2.05, 4.69) is 41.5 Å². The van der Waals surface area contributed by atoms with Gasteiger partial charge in [-0.15, -0.1) is 0 Å². The molecule has 5 aliphatic carbocycles. The van der Waals surface area contributed by atoms with Gasteiger partial charge < -0.3 is 0 Å². The van der Waals surface area contributed by atoms with Crippen molar-refractivity contribution in [2.75, 3.05) is 0 Å². The third kappa shape index (κ3) is 1.80. The topological polar surface area (TPSA) is 0 Å². The minimum Gasteiger partial charge on any atom is -0.0622 e. The predicted molar refractivity (Wildman–Crippen MR) is 96.9 cm³/mol. The van der Waals surface area contributed by atoms with Gasteiger partial charge in [-0.2, -0.15) is 0 Å². The summed E-state index contributed by atoms with van der Waals surface area (Å²) in [6.45, 7) is 15.8. The lowest BCUT2D eigenvalue weighted by atomic mass is 9.60. The van der Waals surface area contributed by atoms with Gasteiger partial charge in [0.2, 0.25) is 0 Å². The Hall–Kier alpha value is 0. The van der Waals surface area contributed by atoms with Crippen LogP contribution in [0.3, 0.4) is 0 Å². The molecule has 0 heterocycles. The number of hydrogen-bond acceptors (Lipinski definition) is 0. The van der Waals surface area contributed by atoms with Gasteiger partial charge in [-0.25, -0.2) is 0 Å². The monoisotopic (exact) mass is 314 g/mol. The highest BCUT2D eigenvalue weighted by molar-refractivity contribution is 5.22. The zero-order valence-corrected chi connectivity index (χ0v) is 16.3. The molecule has 5 rings (SSSR count). The van der Waals surface area contributed by atoms with Gasteiger partial charge in [0.15, 0.2) is 0 Å². The second kappa shape index (κ2) is 4.39. The molecule has 5 saturated carbocycles. The maximum absolute atomic E-state index is 2.68. The third-order valence-electron chi connectivity index (χ3n) is 10.8. The Morgan fingerprint density at radius 3 is 2.13 bits per heavy atom. The quantitative estimate of drug-likeness (QED) is 0.564. The molecule has 23 heavy (non-hydrogen) atoms. The molecule has 5 aliphatic rings. The molecule has 1 spiro atoms. The first kappa shape index (κ1) is 15.3. The summed E-state index contributed by atoms with van der Waals surface area (Å²) in [5.41, 5.74) is 1.48. The van der Waals surface area contributed by atoms with Crippen LogP contribution in [0.5, 0.6) is 0 Å². The molecule has 0 heteroatoms. The van der Waals surface area contributed by atoms with E-state index < -0.39 is 0 Å². The molecule has 0 radical (unpaired) electrons. The number of hydrogen-bond donors (Lipinski definition) is 0. The fourth-order valence-corrected chi connectivity index (χ4v) is 8.69. The van der Waals surface area contributed by atoms with Crippen molar-refractivity contribution < 1.29 is 0 Å². The lowest BCUT2D eigenvalue weighted by Gasteiger charge is -2.45. The Kier molecular flexibility index (Phi) is 2.92. The van der Waals surface area contributed by atoms with Gasteiger partial charge in [0.1, 0.15) is 0 Å². The summed E-state index contributed by atoms with van der Waals surface area (Å²) in [5, 5.41) is 0. The fraction of sp³-hybridized carbons (Fsp3) is 1.00. The second-order valence-electron chi connectivity index (χ2n) is 11.3. The first-order valence-corrected chi connectivity index (χ1v) is 10.8. The molecule has 0 nitrogen and oxygen atoms in total. The Bertz CT molecular complexity index is 516. The summed E-state index contributed by atoms with van der Waals surface area (Å²) in [6, 6.07) is 0. The van der Waals surface area contributed by atoms with E-state index in [-0.39, 0.29) is 0 Å². The van der Waals surface area contributed by atoms with Gasteiger partial charge in [0, 0.05) is 0 Å². The number of rotatable bonds is 2. The number of fused-ring (bicyclic) bond motifs is 2. The highest BCUT2D eigenvalue weighted by Gasteiger charge is 2.74. The van der Waals surface area contributed by atoms with Gasteiger partial charge in [-0.3, -0.25) is 0 Å². The van der Waals surface area contributed by atoms with E-state index in [0.29, 0.717) is 5.41 Å². The van der Waals surface area contributed by atoms with E-state index in [1.54, 1.807) is 25.7 Å². The molecule has 2 bridgehead atoms. The Balaban J connectivity index is 1.53. The highest BCUT2D eigenvalue weighted by atomic mass is 14.8. The van der Waals surface area contributed by atoms with E-state index >= 15 is 0 Å². The van der Waals surface area contributed by atoms with Crippen molar-refractivity contribution in [3.8, 4) is 0 Å². The van der Waals surface area contributed by atoms with Crippen molar-refractivity contribution in [1.82, 2.24) is 0 Å². The molecule has 0 N–H and O–H groups in total. The van der Waals surface area contributed by atoms with Crippen LogP contribution in [-0.2, 0) is 0 Å². The van der Waals surface area contributed by atoms with E-state index in [0.717, 1.165) is 64.6 Å². The molecule has 130 valence electrons. The molecule has 11 atom stereocenters. The van der Waals surface area contributed by atoms with Crippen LogP contribution >= 0.6 is 0 Å². The molecule has 0 saturated heterocycles. The average molecular weight is 315 g/mol. The lowest BCUT2D eigenvalue weighted by molar-refractivity contribution is 0.0357. The molecular formula is C23H38.